The van der Waals surface area contributed by atoms with E-state index in [-0.39, 0.29) is 17.8 Å². The van der Waals surface area contributed by atoms with Crippen LogP contribution < -0.4 is 5.32 Å². The third-order valence-electron chi connectivity index (χ3n) is 3.67. The molecule has 1 unspecified atom stereocenters. The molecule has 0 bridgehead atoms. The van der Waals surface area contributed by atoms with Gasteiger partial charge in [0.1, 0.15) is 5.82 Å². The minimum atomic E-state index is -0.296. The SMILES string of the molecule is CC(C)CCC(C)NC(=O)c1ccc(F)c2ccccc12. The molecule has 0 spiro atoms. The zero-order chi connectivity index (χ0) is 15.4. The highest BCUT2D eigenvalue weighted by molar-refractivity contribution is 6.07. The van der Waals surface area contributed by atoms with E-state index in [2.05, 4.69) is 19.2 Å². The number of carbonyl (C=O) groups excluding carboxylic acids is 1. The van der Waals surface area contributed by atoms with Gasteiger partial charge in [0.15, 0.2) is 0 Å². The van der Waals surface area contributed by atoms with Gasteiger partial charge in [-0.15, -0.1) is 0 Å². The fourth-order valence-electron chi connectivity index (χ4n) is 2.42. The largest absolute Gasteiger partial charge is 0.350 e. The predicted molar refractivity (Wildman–Crippen MR) is 84.9 cm³/mol. The highest BCUT2D eigenvalue weighted by Crippen LogP contribution is 2.22. The van der Waals surface area contributed by atoms with Crippen molar-refractivity contribution in [1.29, 1.82) is 0 Å². The van der Waals surface area contributed by atoms with Gasteiger partial charge in [-0.1, -0.05) is 38.1 Å². The molecule has 2 rings (SSSR count). The van der Waals surface area contributed by atoms with E-state index in [4.69, 9.17) is 0 Å². The van der Waals surface area contributed by atoms with Crippen LogP contribution in [0.3, 0.4) is 0 Å². The summed E-state index contributed by atoms with van der Waals surface area (Å²) in [5.41, 5.74) is 0.531. The Kier molecular flexibility index (Phi) is 4.94. The zero-order valence-corrected chi connectivity index (χ0v) is 12.8. The van der Waals surface area contributed by atoms with Crippen molar-refractivity contribution < 1.29 is 9.18 Å². The van der Waals surface area contributed by atoms with Gasteiger partial charge in [0.2, 0.25) is 0 Å². The fraction of sp³-hybridized carbons (Fsp3) is 0.389. The Morgan fingerprint density at radius 3 is 2.38 bits per heavy atom. The summed E-state index contributed by atoms with van der Waals surface area (Å²) in [6.07, 6.45) is 2.02. The van der Waals surface area contributed by atoms with Crippen molar-refractivity contribution in [2.45, 2.75) is 39.7 Å². The zero-order valence-electron chi connectivity index (χ0n) is 12.8. The van der Waals surface area contributed by atoms with Gasteiger partial charge in [0.05, 0.1) is 0 Å². The molecule has 3 heteroatoms. The lowest BCUT2D eigenvalue weighted by Gasteiger charge is -2.16. The molecule has 1 N–H and O–H groups in total. The molecule has 2 nitrogen and oxygen atoms in total. The van der Waals surface area contributed by atoms with Crippen molar-refractivity contribution in [2.24, 2.45) is 5.92 Å². The number of hydrogen-bond acceptors (Lipinski definition) is 1. The molecular weight excluding hydrogens is 265 g/mol. The van der Waals surface area contributed by atoms with Crippen LogP contribution in [0.4, 0.5) is 4.39 Å². The highest BCUT2D eigenvalue weighted by Gasteiger charge is 2.14. The summed E-state index contributed by atoms with van der Waals surface area (Å²) in [4.78, 5) is 12.4. The van der Waals surface area contributed by atoms with Gasteiger partial charge < -0.3 is 5.32 Å². The Bertz CT molecular complexity index is 636. The summed E-state index contributed by atoms with van der Waals surface area (Å²) in [6, 6.07) is 10.1. The van der Waals surface area contributed by atoms with Gasteiger partial charge in [0, 0.05) is 17.0 Å². The van der Waals surface area contributed by atoms with Crippen molar-refractivity contribution in [3.8, 4) is 0 Å². The van der Waals surface area contributed by atoms with Gasteiger partial charge in [-0.3, -0.25) is 4.79 Å². The van der Waals surface area contributed by atoms with Gasteiger partial charge in [-0.05, 0) is 43.2 Å². The second-order valence-corrected chi connectivity index (χ2v) is 5.99. The molecule has 2 aromatic rings. The number of amides is 1. The van der Waals surface area contributed by atoms with Crippen molar-refractivity contribution in [3.05, 3.63) is 47.8 Å². The average molecular weight is 287 g/mol. The molecule has 21 heavy (non-hydrogen) atoms. The van der Waals surface area contributed by atoms with Crippen molar-refractivity contribution in [3.63, 3.8) is 0 Å². The van der Waals surface area contributed by atoms with Crippen LogP contribution in [0, 0.1) is 11.7 Å². The summed E-state index contributed by atoms with van der Waals surface area (Å²) >= 11 is 0. The predicted octanol–water partition coefficient (Wildman–Crippen LogP) is 4.53. The third kappa shape index (κ3) is 3.81. The molecule has 0 saturated carbocycles. The maximum atomic E-state index is 13.8. The minimum Gasteiger partial charge on any atom is -0.350 e. The van der Waals surface area contributed by atoms with Crippen molar-refractivity contribution >= 4 is 16.7 Å². The molecule has 0 radical (unpaired) electrons. The van der Waals surface area contributed by atoms with Crippen LogP contribution in [-0.2, 0) is 0 Å². The Balaban J connectivity index is 2.18. The first kappa shape index (κ1) is 15.5. The van der Waals surface area contributed by atoms with Crippen LogP contribution in [-0.4, -0.2) is 11.9 Å². The number of benzene rings is 2. The summed E-state index contributed by atoms with van der Waals surface area (Å²) in [7, 11) is 0. The molecule has 1 amide bonds. The van der Waals surface area contributed by atoms with Crippen LogP contribution in [0.25, 0.3) is 10.8 Å². The van der Waals surface area contributed by atoms with E-state index in [0.29, 0.717) is 22.3 Å². The molecule has 0 aliphatic rings. The molecule has 0 fully saturated rings. The highest BCUT2D eigenvalue weighted by atomic mass is 19.1. The lowest BCUT2D eigenvalue weighted by molar-refractivity contribution is 0.0939. The second-order valence-electron chi connectivity index (χ2n) is 5.99. The number of fused-ring (bicyclic) bond motifs is 1. The first-order chi connectivity index (χ1) is 9.99. The fourth-order valence-corrected chi connectivity index (χ4v) is 2.42. The van der Waals surface area contributed by atoms with Crippen LogP contribution in [0.1, 0.15) is 44.0 Å². The van der Waals surface area contributed by atoms with E-state index >= 15 is 0 Å². The van der Waals surface area contributed by atoms with Gasteiger partial charge in [0.25, 0.3) is 5.91 Å². The summed E-state index contributed by atoms with van der Waals surface area (Å²) in [5.74, 6) is 0.188. The standard InChI is InChI=1S/C18H22FNO/c1-12(2)8-9-13(3)20-18(21)16-10-11-17(19)15-7-5-4-6-14(15)16/h4-7,10-13H,8-9H2,1-3H3,(H,20,21). The summed E-state index contributed by atoms with van der Waals surface area (Å²) in [5, 5.41) is 4.15. The lowest BCUT2D eigenvalue weighted by Crippen LogP contribution is -2.32. The third-order valence-corrected chi connectivity index (χ3v) is 3.67. The molecule has 0 aliphatic carbocycles. The molecule has 0 aliphatic heterocycles. The molecular formula is C18H22FNO. The Morgan fingerprint density at radius 1 is 1.05 bits per heavy atom. The molecule has 0 aromatic heterocycles. The van der Waals surface area contributed by atoms with Crippen molar-refractivity contribution in [1.82, 2.24) is 5.32 Å². The number of nitrogens with one attached hydrogen (secondary N) is 1. The normalized spacial score (nSPS) is 12.6. The molecule has 0 saturated heterocycles. The lowest BCUT2D eigenvalue weighted by atomic mass is 10.0. The van der Waals surface area contributed by atoms with Gasteiger partial charge >= 0.3 is 0 Å². The van der Waals surface area contributed by atoms with Crippen LogP contribution in [0.15, 0.2) is 36.4 Å². The average Bonchev–Trinajstić information content (AvgIpc) is 2.45. The summed E-state index contributed by atoms with van der Waals surface area (Å²) < 4.78 is 13.8. The number of halogens is 1. The Hall–Kier alpha value is -1.90. The van der Waals surface area contributed by atoms with Gasteiger partial charge in [-0.25, -0.2) is 4.39 Å². The molecule has 0 heterocycles. The quantitative estimate of drug-likeness (QED) is 0.860. The molecule has 2 aromatic carbocycles. The van der Waals surface area contributed by atoms with Crippen LogP contribution in [0.2, 0.25) is 0 Å². The molecule has 1 atom stereocenters. The Morgan fingerprint density at radius 2 is 1.71 bits per heavy atom. The maximum Gasteiger partial charge on any atom is 0.252 e. The van der Waals surface area contributed by atoms with E-state index in [1.54, 1.807) is 24.3 Å². The second kappa shape index (κ2) is 6.70. The minimum absolute atomic E-state index is 0.115. The topological polar surface area (TPSA) is 29.1 Å². The number of carbonyl (C=O) groups is 1. The van der Waals surface area contributed by atoms with Gasteiger partial charge in [-0.2, -0.15) is 0 Å². The number of hydrogen-bond donors (Lipinski definition) is 1. The number of rotatable bonds is 5. The summed E-state index contributed by atoms with van der Waals surface area (Å²) in [6.45, 7) is 6.34. The van der Waals surface area contributed by atoms with Crippen LogP contribution >= 0.6 is 0 Å². The molecule has 112 valence electrons. The van der Waals surface area contributed by atoms with Crippen molar-refractivity contribution in [2.75, 3.05) is 0 Å². The first-order valence-electron chi connectivity index (χ1n) is 7.47. The first-order valence-corrected chi connectivity index (χ1v) is 7.47. The van der Waals surface area contributed by atoms with E-state index < -0.39 is 0 Å². The van der Waals surface area contributed by atoms with E-state index in [0.717, 1.165) is 12.8 Å². The monoisotopic (exact) mass is 287 g/mol. The smallest absolute Gasteiger partial charge is 0.252 e. The van der Waals surface area contributed by atoms with Crippen LogP contribution in [0.5, 0.6) is 0 Å². The van der Waals surface area contributed by atoms with E-state index in [9.17, 15) is 9.18 Å². The van der Waals surface area contributed by atoms with E-state index in [1.165, 1.54) is 6.07 Å². The van der Waals surface area contributed by atoms with E-state index in [1.807, 2.05) is 13.0 Å². The maximum absolute atomic E-state index is 13.8. The Labute approximate surface area is 125 Å².